The molecule has 8 nitrogen and oxygen atoms in total. The molecule has 0 unspecified atom stereocenters. The second-order valence-corrected chi connectivity index (χ2v) is 4.67. The molecule has 0 atom stereocenters. The molecule has 0 radical (unpaired) electrons. The number of nitrogens with two attached hydrogens (primary N) is 1. The first kappa shape index (κ1) is 13.8. The highest BCUT2D eigenvalue weighted by atomic mass is 16.5. The van der Waals surface area contributed by atoms with E-state index in [2.05, 4.69) is 20.3 Å². The molecule has 112 valence electrons. The topological polar surface area (TPSA) is 110 Å². The molecule has 2 aromatic heterocycles. The van der Waals surface area contributed by atoms with Crippen LogP contribution in [0.25, 0.3) is 5.65 Å². The number of nitrogens with one attached hydrogen (secondary N) is 1. The summed E-state index contributed by atoms with van der Waals surface area (Å²) in [5.74, 6) is 0.927. The number of benzene rings is 1. The number of nitrogen functional groups attached to an aromatic ring is 1. The maximum Gasteiger partial charge on any atom is 0.251 e. The van der Waals surface area contributed by atoms with E-state index in [1.54, 1.807) is 38.3 Å². The van der Waals surface area contributed by atoms with Crippen molar-refractivity contribution in [2.75, 3.05) is 12.8 Å². The van der Waals surface area contributed by atoms with Crippen LogP contribution in [0.15, 0.2) is 45.4 Å². The standard InChI is InChI=1S/C14H14N6O2/c1-8-7-11(21)16-14-12(13(15)19-20(8)14)18-17-9-3-5-10(22-2)6-4-9/h3-7H,1-2H3,(H2,15,19)(H,16,21). The van der Waals surface area contributed by atoms with Gasteiger partial charge in [-0.1, -0.05) is 0 Å². The summed E-state index contributed by atoms with van der Waals surface area (Å²) in [6.45, 7) is 1.76. The van der Waals surface area contributed by atoms with Crippen LogP contribution in [-0.4, -0.2) is 21.7 Å². The van der Waals surface area contributed by atoms with Crippen LogP contribution in [0.3, 0.4) is 0 Å². The van der Waals surface area contributed by atoms with E-state index in [1.165, 1.54) is 10.6 Å². The lowest BCUT2D eigenvalue weighted by atomic mass is 10.3. The first-order chi connectivity index (χ1) is 10.6. The Morgan fingerprint density at radius 1 is 1.27 bits per heavy atom. The second kappa shape index (κ2) is 5.32. The van der Waals surface area contributed by atoms with Crippen molar-refractivity contribution in [3.8, 4) is 5.75 Å². The summed E-state index contributed by atoms with van der Waals surface area (Å²) < 4.78 is 6.60. The quantitative estimate of drug-likeness (QED) is 0.723. The van der Waals surface area contributed by atoms with Gasteiger partial charge < -0.3 is 15.5 Å². The first-order valence-electron chi connectivity index (χ1n) is 6.52. The van der Waals surface area contributed by atoms with Gasteiger partial charge >= 0.3 is 0 Å². The minimum atomic E-state index is -0.245. The maximum absolute atomic E-state index is 11.6. The largest absolute Gasteiger partial charge is 0.497 e. The number of hydrogen-bond donors (Lipinski definition) is 2. The number of methoxy groups -OCH3 is 1. The molecule has 0 saturated carbocycles. The third-order valence-electron chi connectivity index (χ3n) is 3.14. The van der Waals surface area contributed by atoms with Crippen LogP contribution in [0.2, 0.25) is 0 Å². The van der Waals surface area contributed by atoms with Crippen LogP contribution in [0.4, 0.5) is 17.2 Å². The number of azo groups is 1. The summed E-state index contributed by atoms with van der Waals surface area (Å²) in [4.78, 5) is 14.3. The van der Waals surface area contributed by atoms with E-state index in [0.29, 0.717) is 22.7 Å². The number of anilines is 1. The number of H-pyrrole nitrogens is 1. The Labute approximate surface area is 125 Å². The predicted molar refractivity (Wildman–Crippen MR) is 82.1 cm³/mol. The molecule has 0 fully saturated rings. The van der Waals surface area contributed by atoms with Gasteiger partial charge in [0.1, 0.15) is 5.75 Å². The fourth-order valence-corrected chi connectivity index (χ4v) is 2.05. The average molecular weight is 298 g/mol. The molecule has 8 heteroatoms. The summed E-state index contributed by atoms with van der Waals surface area (Å²) in [5.41, 5.74) is 7.65. The molecule has 3 aromatic rings. The second-order valence-electron chi connectivity index (χ2n) is 4.67. The van der Waals surface area contributed by atoms with Crippen molar-refractivity contribution in [3.05, 3.63) is 46.4 Å². The zero-order valence-corrected chi connectivity index (χ0v) is 12.1. The Balaban J connectivity index is 2.04. The molecule has 22 heavy (non-hydrogen) atoms. The Kier molecular flexibility index (Phi) is 3.34. The number of aromatic amines is 1. The van der Waals surface area contributed by atoms with Crippen molar-refractivity contribution in [2.24, 2.45) is 10.2 Å². The van der Waals surface area contributed by atoms with Gasteiger partial charge in [0.15, 0.2) is 17.2 Å². The van der Waals surface area contributed by atoms with E-state index in [-0.39, 0.29) is 11.4 Å². The van der Waals surface area contributed by atoms with Crippen molar-refractivity contribution in [2.45, 2.75) is 6.92 Å². The number of hydrogen-bond acceptors (Lipinski definition) is 6. The molecule has 0 aliphatic heterocycles. The smallest absolute Gasteiger partial charge is 0.251 e. The molecule has 3 N–H and O–H groups in total. The Bertz CT molecular complexity index is 907. The van der Waals surface area contributed by atoms with Crippen LogP contribution in [-0.2, 0) is 0 Å². The highest BCUT2D eigenvalue weighted by Gasteiger charge is 2.12. The van der Waals surface area contributed by atoms with Crippen LogP contribution in [0, 0.1) is 6.92 Å². The molecule has 0 bridgehead atoms. The van der Waals surface area contributed by atoms with Crippen molar-refractivity contribution in [3.63, 3.8) is 0 Å². The van der Waals surface area contributed by atoms with Gasteiger partial charge in [0, 0.05) is 11.8 Å². The molecular weight excluding hydrogens is 284 g/mol. The zero-order chi connectivity index (χ0) is 15.7. The number of rotatable bonds is 3. The van der Waals surface area contributed by atoms with Gasteiger partial charge in [-0.25, -0.2) is 4.52 Å². The zero-order valence-electron chi connectivity index (χ0n) is 12.1. The lowest BCUT2D eigenvalue weighted by molar-refractivity contribution is 0.415. The van der Waals surface area contributed by atoms with E-state index < -0.39 is 0 Å². The molecule has 0 aliphatic carbocycles. The van der Waals surface area contributed by atoms with Gasteiger partial charge in [0.2, 0.25) is 0 Å². The van der Waals surface area contributed by atoms with E-state index in [1.807, 2.05) is 0 Å². The van der Waals surface area contributed by atoms with Crippen molar-refractivity contribution < 1.29 is 4.74 Å². The maximum atomic E-state index is 11.6. The predicted octanol–water partition coefficient (Wildman–Crippen LogP) is 2.34. The van der Waals surface area contributed by atoms with Gasteiger partial charge in [0.05, 0.1) is 12.8 Å². The summed E-state index contributed by atoms with van der Waals surface area (Å²) in [6.07, 6.45) is 0. The summed E-state index contributed by atoms with van der Waals surface area (Å²) >= 11 is 0. The van der Waals surface area contributed by atoms with Crippen molar-refractivity contribution >= 4 is 22.8 Å². The molecule has 0 spiro atoms. The third-order valence-corrected chi connectivity index (χ3v) is 3.14. The minimum Gasteiger partial charge on any atom is -0.497 e. The molecule has 0 amide bonds. The Hall–Kier alpha value is -3.16. The van der Waals surface area contributed by atoms with Gasteiger partial charge in [-0.2, -0.15) is 5.11 Å². The van der Waals surface area contributed by atoms with Gasteiger partial charge in [-0.05, 0) is 31.2 Å². The lowest BCUT2D eigenvalue weighted by Gasteiger charge is -1.98. The Morgan fingerprint density at radius 2 is 2.00 bits per heavy atom. The molecule has 0 saturated heterocycles. The van der Waals surface area contributed by atoms with E-state index in [0.717, 1.165) is 5.75 Å². The number of nitrogens with zero attached hydrogens (tertiary/aromatic N) is 4. The number of fused-ring (bicyclic) bond motifs is 1. The summed E-state index contributed by atoms with van der Waals surface area (Å²) in [7, 11) is 1.59. The van der Waals surface area contributed by atoms with Gasteiger partial charge in [-0.3, -0.25) is 4.79 Å². The number of ether oxygens (including phenoxy) is 1. The van der Waals surface area contributed by atoms with E-state index in [9.17, 15) is 4.79 Å². The fourth-order valence-electron chi connectivity index (χ4n) is 2.05. The molecular formula is C14H14N6O2. The first-order valence-corrected chi connectivity index (χ1v) is 6.52. The highest BCUT2D eigenvalue weighted by Crippen LogP contribution is 2.28. The van der Waals surface area contributed by atoms with Crippen LogP contribution in [0.5, 0.6) is 5.75 Å². The normalized spacial score (nSPS) is 11.4. The Morgan fingerprint density at radius 3 is 2.68 bits per heavy atom. The van der Waals surface area contributed by atoms with Crippen LogP contribution >= 0.6 is 0 Å². The fraction of sp³-hybridized carbons (Fsp3) is 0.143. The van der Waals surface area contributed by atoms with Gasteiger partial charge in [0.25, 0.3) is 5.56 Å². The van der Waals surface area contributed by atoms with E-state index >= 15 is 0 Å². The van der Waals surface area contributed by atoms with Crippen molar-refractivity contribution in [1.29, 1.82) is 0 Å². The average Bonchev–Trinajstić information content (AvgIpc) is 2.82. The molecule has 1 aromatic carbocycles. The van der Waals surface area contributed by atoms with Crippen LogP contribution in [0.1, 0.15) is 5.69 Å². The number of aromatic nitrogens is 3. The van der Waals surface area contributed by atoms with Crippen LogP contribution < -0.4 is 16.0 Å². The highest BCUT2D eigenvalue weighted by molar-refractivity contribution is 5.75. The molecule has 3 rings (SSSR count). The van der Waals surface area contributed by atoms with E-state index in [4.69, 9.17) is 10.5 Å². The van der Waals surface area contributed by atoms with Crippen molar-refractivity contribution in [1.82, 2.24) is 14.6 Å². The SMILES string of the molecule is COc1ccc(N=Nc2c(N)nn3c(C)cc(=O)[nH]c23)cc1. The summed E-state index contributed by atoms with van der Waals surface area (Å²) in [6, 6.07) is 8.51. The third kappa shape index (κ3) is 2.41. The molecule has 0 aliphatic rings. The molecule has 2 heterocycles. The lowest BCUT2D eigenvalue weighted by Crippen LogP contribution is -2.09. The number of aryl methyl sites for hydroxylation is 1. The monoisotopic (exact) mass is 298 g/mol. The minimum absolute atomic E-state index is 0.196. The van der Waals surface area contributed by atoms with Gasteiger partial charge in [-0.15, -0.1) is 10.2 Å². The summed E-state index contributed by atoms with van der Waals surface area (Å²) in [5, 5.41) is 12.4.